The largest absolute Gasteiger partial charge is 0.544 e. The molecular formula is C13H14BrF2O2-. The Morgan fingerprint density at radius 3 is 2.22 bits per heavy atom. The van der Waals surface area contributed by atoms with Crippen molar-refractivity contribution in [3.05, 3.63) is 34.9 Å². The minimum atomic E-state index is -3.98. The smallest absolute Gasteiger partial charge is 0.312 e. The normalized spacial score (nSPS) is 12.6. The Balaban J connectivity index is 3.50. The summed E-state index contributed by atoms with van der Waals surface area (Å²) in [6.45, 7) is 5.28. The van der Waals surface area contributed by atoms with Crippen molar-refractivity contribution in [2.75, 3.05) is 0 Å². The first-order valence-electron chi connectivity index (χ1n) is 5.40. The number of carboxylic acid groups (broad SMARTS) is 1. The van der Waals surface area contributed by atoms with Gasteiger partial charge in [0.1, 0.15) is 5.97 Å². The Labute approximate surface area is 113 Å². The zero-order chi connectivity index (χ0) is 14.1. The molecule has 2 nitrogen and oxygen atoms in total. The third kappa shape index (κ3) is 2.88. The third-order valence-corrected chi connectivity index (χ3v) is 3.29. The van der Waals surface area contributed by atoms with E-state index in [1.165, 1.54) is 6.07 Å². The summed E-state index contributed by atoms with van der Waals surface area (Å²) in [5.41, 5.74) is 0.0537. The van der Waals surface area contributed by atoms with Crippen LogP contribution in [-0.2, 0) is 21.5 Å². The quantitative estimate of drug-likeness (QED) is 0.804. The minimum absolute atomic E-state index is 0.314. The van der Waals surface area contributed by atoms with Crippen molar-refractivity contribution in [2.24, 2.45) is 0 Å². The van der Waals surface area contributed by atoms with Crippen molar-refractivity contribution in [1.29, 1.82) is 0 Å². The molecular weight excluding hydrogens is 306 g/mol. The molecule has 0 aromatic heterocycles. The van der Waals surface area contributed by atoms with E-state index in [1.54, 1.807) is 26.8 Å². The molecule has 0 unspecified atom stereocenters. The van der Waals surface area contributed by atoms with E-state index in [0.29, 0.717) is 10.9 Å². The number of carboxylic acids is 1. The zero-order valence-corrected chi connectivity index (χ0v) is 12.0. The van der Waals surface area contributed by atoms with Crippen molar-refractivity contribution in [2.45, 2.75) is 37.4 Å². The lowest BCUT2D eigenvalue weighted by Gasteiger charge is -2.28. The number of benzene rings is 1. The molecule has 1 aromatic carbocycles. The van der Waals surface area contributed by atoms with Crippen molar-refractivity contribution < 1.29 is 18.7 Å². The molecule has 0 aliphatic rings. The van der Waals surface area contributed by atoms with Gasteiger partial charge in [0.2, 0.25) is 0 Å². The van der Waals surface area contributed by atoms with Crippen molar-refractivity contribution in [3.8, 4) is 0 Å². The van der Waals surface area contributed by atoms with Gasteiger partial charge in [0.25, 0.3) is 0 Å². The van der Waals surface area contributed by atoms with E-state index in [0.717, 1.165) is 11.6 Å². The molecule has 0 saturated carbocycles. The summed E-state index contributed by atoms with van der Waals surface area (Å²) in [7, 11) is 0. The highest BCUT2D eigenvalue weighted by molar-refractivity contribution is 9.08. The molecule has 100 valence electrons. The van der Waals surface area contributed by atoms with Crippen LogP contribution in [0.5, 0.6) is 0 Å². The van der Waals surface area contributed by atoms with Gasteiger partial charge in [-0.15, -0.1) is 0 Å². The van der Waals surface area contributed by atoms with Crippen LogP contribution in [0.1, 0.15) is 37.5 Å². The fourth-order valence-corrected chi connectivity index (χ4v) is 2.03. The van der Waals surface area contributed by atoms with E-state index in [9.17, 15) is 18.7 Å². The van der Waals surface area contributed by atoms with Crippen LogP contribution in [0.4, 0.5) is 8.78 Å². The minimum Gasteiger partial charge on any atom is -0.544 e. The van der Waals surface area contributed by atoms with Gasteiger partial charge in [0.15, 0.2) is 0 Å². The van der Waals surface area contributed by atoms with Crippen LogP contribution >= 0.6 is 15.9 Å². The Morgan fingerprint density at radius 2 is 1.83 bits per heavy atom. The van der Waals surface area contributed by atoms with Crippen molar-refractivity contribution in [3.63, 3.8) is 0 Å². The fourth-order valence-electron chi connectivity index (χ4n) is 1.68. The molecule has 5 heteroatoms. The molecule has 1 aromatic rings. The summed E-state index contributed by atoms with van der Waals surface area (Å²) in [5.74, 6) is -6.35. The number of hydrogen-bond acceptors (Lipinski definition) is 2. The molecule has 0 radical (unpaired) electrons. The van der Waals surface area contributed by atoms with Crippen LogP contribution in [0, 0.1) is 0 Å². The highest BCUT2D eigenvalue weighted by Crippen LogP contribution is 2.37. The molecule has 0 aliphatic heterocycles. The standard InChI is InChI=1S/C13H15BrF2O2/c1-12(2,3)10-6-8(7-14)4-5-9(10)13(15,16)11(17)18/h4-6H,7H2,1-3H3,(H,17,18)/p-1. The second-order valence-electron chi connectivity index (χ2n) is 5.13. The Kier molecular flexibility index (Phi) is 4.15. The maximum absolute atomic E-state index is 13.6. The van der Waals surface area contributed by atoms with Crippen LogP contribution in [0.25, 0.3) is 0 Å². The van der Waals surface area contributed by atoms with Crippen molar-refractivity contribution >= 4 is 21.9 Å². The summed E-state index contributed by atoms with van der Waals surface area (Å²) >= 11 is 3.25. The Morgan fingerprint density at radius 1 is 1.28 bits per heavy atom. The van der Waals surface area contributed by atoms with Gasteiger partial charge >= 0.3 is 5.92 Å². The number of rotatable bonds is 3. The first kappa shape index (κ1) is 15.1. The maximum atomic E-state index is 13.6. The van der Waals surface area contributed by atoms with E-state index in [2.05, 4.69) is 15.9 Å². The van der Waals surface area contributed by atoms with E-state index in [1.807, 2.05) is 0 Å². The monoisotopic (exact) mass is 319 g/mol. The Hall–Kier alpha value is -0.970. The van der Waals surface area contributed by atoms with Gasteiger partial charge < -0.3 is 9.90 Å². The number of carbonyl (C=O) groups is 1. The average Bonchev–Trinajstić information content (AvgIpc) is 2.26. The predicted octanol–water partition coefficient (Wildman–Crippen LogP) is 2.72. The van der Waals surface area contributed by atoms with Gasteiger partial charge in [0.05, 0.1) is 0 Å². The SMILES string of the molecule is CC(C)(C)c1cc(CBr)ccc1C(F)(F)C(=O)[O-]. The number of carbonyl (C=O) groups excluding carboxylic acids is 1. The summed E-state index contributed by atoms with van der Waals surface area (Å²) < 4.78 is 27.3. The molecule has 0 amide bonds. The van der Waals surface area contributed by atoms with Crippen LogP contribution in [0.2, 0.25) is 0 Å². The zero-order valence-electron chi connectivity index (χ0n) is 10.4. The van der Waals surface area contributed by atoms with Gasteiger partial charge in [-0.05, 0) is 16.5 Å². The predicted molar refractivity (Wildman–Crippen MR) is 66.7 cm³/mol. The molecule has 0 spiro atoms. The van der Waals surface area contributed by atoms with Gasteiger partial charge in [-0.1, -0.05) is 54.9 Å². The summed E-state index contributed by atoms with van der Waals surface area (Å²) in [6.07, 6.45) is 0. The average molecular weight is 320 g/mol. The summed E-state index contributed by atoms with van der Waals surface area (Å²) in [4.78, 5) is 10.6. The molecule has 0 atom stereocenters. The molecule has 0 N–H and O–H groups in total. The van der Waals surface area contributed by atoms with E-state index in [-0.39, 0.29) is 0 Å². The second kappa shape index (κ2) is 4.96. The van der Waals surface area contributed by atoms with Crippen LogP contribution < -0.4 is 5.11 Å². The Bertz CT molecular complexity index is 465. The number of aliphatic carboxylic acids is 1. The van der Waals surface area contributed by atoms with Gasteiger partial charge in [-0.3, -0.25) is 0 Å². The van der Waals surface area contributed by atoms with Crippen LogP contribution in [0.3, 0.4) is 0 Å². The fraction of sp³-hybridized carbons (Fsp3) is 0.462. The van der Waals surface area contributed by atoms with E-state index >= 15 is 0 Å². The topological polar surface area (TPSA) is 40.1 Å². The van der Waals surface area contributed by atoms with E-state index < -0.39 is 22.9 Å². The van der Waals surface area contributed by atoms with Gasteiger partial charge in [-0.25, -0.2) is 0 Å². The first-order valence-corrected chi connectivity index (χ1v) is 6.52. The van der Waals surface area contributed by atoms with Crippen LogP contribution in [-0.4, -0.2) is 5.97 Å². The molecule has 0 bridgehead atoms. The number of halogens is 3. The summed E-state index contributed by atoms with van der Waals surface area (Å²) in [6, 6.07) is 4.24. The lowest BCUT2D eigenvalue weighted by molar-refractivity contribution is -0.331. The molecule has 0 aliphatic carbocycles. The summed E-state index contributed by atoms with van der Waals surface area (Å²) in [5, 5.41) is 11.1. The number of alkyl halides is 3. The number of hydrogen-bond donors (Lipinski definition) is 0. The molecule has 0 saturated heterocycles. The lowest BCUT2D eigenvalue weighted by atomic mass is 9.81. The highest BCUT2D eigenvalue weighted by Gasteiger charge is 2.38. The van der Waals surface area contributed by atoms with Crippen molar-refractivity contribution in [1.82, 2.24) is 0 Å². The van der Waals surface area contributed by atoms with Gasteiger partial charge in [-0.2, -0.15) is 8.78 Å². The first-order chi connectivity index (χ1) is 8.10. The second-order valence-corrected chi connectivity index (χ2v) is 5.69. The molecule has 0 heterocycles. The molecule has 1 rings (SSSR count). The van der Waals surface area contributed by atoms with E-state index in [4.69, 9.17) is 0 Å². The third-order valence-electron chi connectivity index (χ3n) is 2.64. The van der Waals surface area contributed by atoms with Crippen LogP contribution in [0.15, 0.2) is 18.2 Å². The highest BCUT2D eigenvalue weighted by atomic mass is 79.9. The lowest BCUT2D eigenvalue weighted by Crippen LogP contribution is -2.40. The van der Waals surface area contributed by atoms with Gasteiger partial charge in [0, 0.05) is 10.9 Å². The molecule has 18 heavy (non-hydrogen) atoms. The maximum Gasteiger partial charge on any atom is 0.312 e. The molecule has 0 fully saturated rings.